The number of nitrogens with zero attached hydrogens (tertiary/aromatic N) is 1. The molecule has 0 fully saturated rings. The Labute approximate surface area is 55.6 Å². The number of nitriles is 1. The summed E-state index contributed by atoms with van der Waals surface area (Å²) in [6.45, 7) is 3.12. The van der Waals surface area contributed by atoms with Crippen LogP contribution < -0.4 is 0 Å². The summed E-state index contributed by atoms with van der Waals surface area (Å²) in [5.74, 6) is 0. The third-order valence-electron chi connectivity index (χ3n) is 0.747. The van der Waals surface area contributed by atoms with Crippen molar-refractivity contribution in [3.8, 4) is 6.07 Å². The fourth-order valence-corrected chi connectivity index (χ4v) is 0.393. The van der Waals surface area contributed by atoms with Crippen molar-refractivity contribution in [3.05, 3.63) is 37.0 Å². The molecule has 1 rings (SSSR count). The van der Waals surface area contributed by atoms with E-state index in [4.69, 9.17) is 5.26 Å². The van der Waals surface area contributed by atoms with Gasteiger partial charge in [-0.25, -0.2) is 0 Å². The van der Waals surface area contributed by atoms with Crippen molar-refractivity contribution in [2.24, 2.45) is 0 Å². The fourth-order valence-electron chi connectivity index (χ4n) is 0.393. The predicted molar refractivity (Wildman–Crippen MR) is 38.7 cm³/mol. The predicted octanol–water partition coefficient (Wildman–Crippen LogP) is 2.20. The summed E-state index contributed by atoms with van der Waals surface area (Å²) in [5.41, 5.74) is 0. The second kappa shape index (κ2) is 6.71. The molecular weight excluding hydrogens is 110 g/mol. The van der Waals surface area contributed by atoms with Crippen LogP contribution in [0, 0.1) is 11.3 Å². The van der Waals surface area contributed by atoms with Crippen LogP contribution in [-0.4, -0.2) is 0 Å². The first-order valence-electron chi connectivity index (χ1n) is 2.74. The van der Waals surface area contributed by atoms with Gasteiger partial charge >= 0.3 is 0 Å². The van der Waals surface area contributed by atoms with E-state index in [9.17, 15) is 0 Å². The average molecular weight is 119 g/mol. The first-order valence-corrected chi connectivity index (χ1v) is 2.74. The van der Waals surface area contributed by atoms with Gasteiger partial charge in [-0.3, -0.25) is 0 Å². The van der Waals surface area contributed by atoms with E-state index in [-0.39, 0.29) is 0 Å². The SMILES string of the molecule is C1=CCC=C1.C=CC#N. The van der Waals surface area contributed by atoms with Crippen molar-refractivity contribution in [2.75, 3.05) is 0 Å². The average Bonchev–Trinajstić information content (AvgIpc) is 2.43. The molecule has 0 aliphatic heterocycles. The van der Waals surface area contributed by atoms with Gasteiger partial charge in [0.25, 0.3) is 0 Å². The molecule has 0 amide bonds. The van der Waals surface area contributed by atoms with Crippen molar-refractivity contribution in [1.82, 2.24) is 0 Å². The van der Waals surface area contributed by atoms with Crippen molar-refractivity contribution < 1.29 is 0 Å². The highest BCUT2D eigenvalue weighted by atomic mass is 14.2. The molecule has 0 heterocycles. The monoisotopic (exact) mass is 119 g/mol. The fraction of sp³-hybridized carbons (Fsp3) is 0.125. The molecule has 0 unspecified atom stereocenters. The van der Waals surface area contributed by atoms with E-state index >= 15 is 0 Å². The minimum atomic E-state index is 1.14. The van der Waals surface area contributed by atoms with Gasteiger partial charge < -0.3 is 0 Å². The van der Waals surface area contributed by atoms with Gasteiger partial charge in [0.15, 0.2) is 0 Å². The van der Waals surface area contributed by atoms with E-state index in [0.717, 1.165) is 6.42 Å². The molecule has 1 heteroatoms. The van der Waals surface area contributed by atoms with E-state index in [1.54, 1.807) is 6.07 Å². The summed E-state index contributed by atoms with van der Waals surface area (Å²) in [6.07, 6.45) is 10.7. The molecule has 1 aliphatic carbocycles. The Balaban J connectivity index is 0.000000148. The Kier molecular flexibility index (Phi) is 5.75. The van der Waals surface area contributed by atoms with Gasteiger partial charge in [-0.1, -0.05) is 30.9 Å². The molecule has 0 radical (unpaired) electrons. The number of hydrogen-bond donors (Lipinski definition) is 0. The molecule has 9 heavy (non-hydrogen) atoms. The van der Waals surface area contributed by atoms with Gasteiger partial charge in [0.05, 0.1) is 6.07 Å². The van der Waals surface area contributed by atoms with E-state index < -0.39 is 0 Å². The first kappa shape index (κ1) is 7.71. The molecule has 1 nitrogen and oxygen atoms in total. The van der Waals surface area contributed by atoms with Gasteiger partial charge in [-0.05, 0) is 6.42 Å². The summed E-state index contributed by atoms with van der Waals surface area (Å²) < 4.78 is 0. The summed E-state index contributed by atoms with van der Waals surface area (Å²) in [7, 11) is 0. The molecule has 0 aromatic carbocycles. The Morgan fingerprint density at radius 2 is 1.89 bits per heavy atom. The maximum atomic E-state index is 7.51. The summed E-state index contributed by atoms with van der Waals surface area (Å²) >= 11 is 0. The molecule has 0 N–H and O–H groups in total. The first-order chi connectivity index (χ1) is 4.41. The Morgan fingerprint density at radius 1 is 1.44 bits per heavy atom. The van der Waals surface area contributed by atoms with Crippen molar-refractivity contribution >= 4 is 0 Å². The molecule has 0 bridgehead atoms. The van der Waals surface area contributed by atoms with Gasteiger partial charge in [-0.2, -0.15) is 5.26 Å². The van der Waals surface area contributed by atoms with E-state index in [2.05, 4.69) is 30.9 Å². The minimum absolute atomic E-state index is 1.14. The lowest BCUT2D eigenvalue weighted by Gasteiger charge is -1.57. The summed E-state index contributed by atoms with van der Waals surface area (Å²) in [4.78, 5) is 0. The van der Waals surface area contributed by atoms with Crippen LogP contribution in [0.2, 0.25) is 0 Å². The molecule has 1 aliphatic rings. The zero-order valence-electron chi connectivity index (χ0n) is 5.25. The maximum absolute atomic E-state index is 7.51. The Bertz CT molecular complexity index is 148. The van der Waals surface area contributed by atoms with Crippen LogP contribution in [0.25, 0.3) is 0 Å². The lowest BCUT2D eigenvalue weighted by molar-refractivity contribution is 1.45. The zero-order valence-corrected chi connectivity index (χ0v) is 5.25. The molecule has 0 spiro atoms. The number of hydrogen-bond acceptors (Lipinski definition) is 1. The van der Waals surface area contributed by atoms with Crippen LogP contribution in [0.3, 0.4) is 0 Å². The molecule has 0 saturated carbocycles. The second-order valence-electron chi connectivity index (χ2n) is 1.43. The summed E-state index contributed by atoms with van der Waals surface area (Å²) in [5, 5.41) is 7.51. The summed E-state index contributed by atoms with van der Waals surface area (Å²) in [6, 6.07) is 1.69. The smallest absolute Gasteiger partial charge is 0.0905 e. The molecule has 0 aromatic heterocycles. The van der Waals surface area contributed by atoms with Gasteiger partial charge in [-0.15, -0.1) is 0 Å². The molecule has 0 saturated heterocycles. The number of rotatable bonds is 0. The Hall–Kier alpha value is -1.29. The highest BCUT2D eigenvalue weighted by molar-refractivity contribution is 5.11. The van der Waals surface area contributed by atoms with E-state index in [1.807, 2.05) is 0 Å². The minimum Gasteiger partial charge on any atom is -0.193 e. The number of allylic oxidation sites excluding steroid dienone is 5. The van der Waals surface area contributed by atoms with Gasteiger partial charge in [0.2, 0.25) is 0 Å². The van der Waals surface area contributed by atoms with Crippen LogP contribution >= 0.6 is 0 Å². The Morgan fingerprint density at radius 3 is 2.00 bits per heavy atom. The lowest BCUT2D eigenvalue weighted by atomic mass is 10.5. The van der Waals surface area contributed by atoms with E-state index in [0.29, 0.717) is 0 Å². The highest BCUT2D eigenvalue weighted by Gasteiger charge is 1.72. The van der Waals surface area contributed by atoms with Gasteiger partial charge in [0.1, 0.15) is 0 Å². The van der Waals surface area contributed by atoms with Gasteiger partial charge in [0, 0.05) is 6.08 Å². The lowest BCUT2D eigenvalue weighted by Crippen LogP contribution is -1.37. The van der Waals surface area contributed by atoms with Crippen LogP contribution in [0.5, 0.6) is 0 Å². The third-order valence-corrected chi connectivity index (χ3v) is 0.747. The van der Waals surface area contributed by atoms with Crippen molar-refractivity contribution in [3.63, 3.8) is 0 Å². The second-order valence-corrected chi connectivity index (χ2v) is 1.43. The normalized spacial score (nSPS) is 11.4. The van der Waals surface area contributed by atoms with Crippen molar-refractivity contribution in [2.45, 2.75) is 6.42 Å². The van der Waals surface area contributed by atoms with E-state index in [1.165, 1.54) is 6.08 Å². The van der Waals surface area contributed by atoms with Crippen LogP contribution in [0.15, 0.2) is 37.0 Å². The quantitative estimate of drug-likeness (QED) is 0.448. The highest BCUT2D eigenvalue weighted by Crippen LogP contribution is 1.93. The van der Waals surface area contributed by atoms with Crippen LogP contribution in [0.4, 0.5) is 0 Å². The maximum Gasteiger partial charge on any atom is 0.0905 e. The molecule has 0 atom stereocenters. The molecule has 0 aromatic rings. The topological polar surface area (TPSA) is 23.8 Å². The van der Waals surface area contributed by atoms with Crippen LogP contribution in [0.1, 0.15) is 6.42 Å². The zero-order chi connectivity index (χ0) is 6.95. The molecule has 46 valence electrons. The standard InChI is InChI=1S/C5H6.C3H3N/c1-2-4-5-3-1;1-2-3-4/h1-4H,5H2;2H,1H2. The molecular formula is C8H9N. The van der Waals surface area contributed by atoms with Crippen LogP contribution in [-0.2, 0) is 0 Å². The third kappa shape index (κ3) is 6.71. The van der Waals surface area contributed by atoms with Crippen molar-refractivity contribution in [1.29, 1.82) is 5.26 Å². The largest absolute Gasteiger partial charge is 0.193 e.